The fourth-order valence-corrected chi connectivity index (χ4v) is 2.51. The zero-order valence-corrected chi connectivity index (χ0v) is 5.67. The van der Waals surface area contributed by atoms with Crippen molar-refractivity contribution in [3.8, 4) is 0 Å². The van der Waals surface area contributed by atoms with Crippen molar-refractivity contribution in [2.75, 3.05) is 6.16 Å². The summed E-state index contributed by atoms with van der Waals surface area (Å²) in [7, 11) is 1.17. The maximum atomic E-state index is 2.34. The molecule has 0 spiro atoms. The van der Waals surface area contributed by atoms with Crippen LogP contribution in [0.5, 0.6) is 0 Å². The van der Waals surface area contributed by atoms with Gasteiger partial charge in [0, 0.05) is 5.66 Å². The van der Waals surface area contributed by atoms with Gasteiger partial charge >= 0.3 is 0 Å². The minimum atomic E-state index is 0.804. The Kier molecular flexibility index (Phi) is 1.01. The second-order valence-corrected chi connectivity index (χ2v) is 3.85. The molecule has 1 aliphatic carbocycles. The van der Waals surface area contributed by atoms with Gasteiger partial charge in [0.15, 0.2) is 0 Å². The summed E-state index contributed by atoms with van der Waals surface area (Å²) < 4.78 is 0. The predicted molar refractivity (Wildman–Crippen MR) is 38.7 cm³/mol. The summed E-state index contributed by atoms with van der Waals surface area (Å²) >= 11 is 0. The van der Waals surface area contributed by atoms with E-state index in [-0.39, 0.29) is 0 Å². The summed E-state index contributed by atoms with van der Waals surface area (Å²) in [5.74, 6) is 0.804. The van der Waals surface area contributed by atoms with Crippen LogP contribution in [0, 0.1) is 5.92 Å². The standard InChI is InChI=1S/C7H9P/c1-3-7-4-2-6(1)5-8-7/h1-4,6-8H,5H2. The van der Waals surface area contributed by atoms with Crippen LogP contribution in [0.1, 0.15) is 0 Å². The van der Waals surface area contributed by atoms with Crippen molar-refractivity contribution in [3.63, 3.8) is 0 Å². The van der Waals surface area contributed by atoms with Crippen LogP contribution in [0.3, 0.4) is 0 Å². The van der Waals surface area contributed by atoms with E-state index >= 15 is 0 Å². The smallest absolute Gasteiger partial charge is 0.0122 e. The number of rotatable bonds is 0. The molecule has 0 aromatic rings. The molecule has 1 unspecified atom stereocenters. The Balaban J connectivity index is 2.31. The van der Waals surface area contributed by atoms with Gasteiger partial charge in [-0.1, -0.05) is 24.3 Å². The van der Waals surface area contributed by atoms with E-state index in [9.17, 15) is 0 Å². The van der Waals surface area contributed by atoms with E-state index < -0.39 is 0 Å². The monoisotopic (exact) mass is 124 g/mol. The van der Waals surface area contributed by atoms with Crippen molar-refractivity contribution in [1.29, 1.82) is 0 Å². The van der Waals surface area contributed by atoms with Gasteiger partial charge in [-0.2, -0.15) is 0 Å². The normalized spacial score (nSPS) is 44.0. The summed E-state index contributed by atoms with van der Waals surface area (Å²) in [6, 6.07) is 0. The summed E-state index contributed by atoms with van der Waals surface area (Å²) in [6.07, 6.45) is 10.8. The lowest BCUT2D eigenvalue weighted by atomic mass is 10.0. The minimum absolute atomic E-state index is 0.804. The van der Waals surface area contributed by atoms with E-state index in [0.29, 0.717) is 0 Å². The summed E-state index contributed by atoms with van der Waals surface area (Å²) in [4.78, 5) is 0. The highest BCUT2D eigenvalue weighted by atomic mass is 31.1. The highest BCUT2D eigenvalue weighted by molar-refractivity contribution is 7.39. The summed E-state index contributed by atoms with van der Waals surface area (Å²) in [6.45, 7) is 0. The molecule has 0 aromatic heterocycles. The first-order valence-corrected chi connectivity index (χ1v) is 4.33. The fourth-order valence-electron chi connectivity index (χ4n) is 1.20. The lowest BCUT2D eigenvalue weighted by Crippen LogP contribution is -2.11. The van der Waals surface area contributed by atoms with Gasteiger partial charge in [0.25, 0.3) is 0 Å². The number of hydrogen-bond acceptors (Lipinski definition) is 0. The third-order valence-corrected chi connectivity index (χ3v) is 3.28. The van der Waals surface area contributed by atoms with Crippen LogP contribution < -0.4 is 0 Å². The molecule has 0 saturated heterocycles. The first-order chi connectivity index (χ1) is 3.95. The molecule has 0 aromatic carbocycles. The summed E-state index contributed by atoms with van der Waals surface area (Å²) in [5, 5.41) is 0. The van der Waals surface area contributed by atoms with Crippen LogP contribution >= 0.6 is 8.58 Å². The van der Waals surface area contributed by atoms with Crippen molar-refractivity contribution in [2.24, 2.45) is 5.92 Å². The van der Waals surface area contributed by atoms with Gasteiger partial charge in [0.1, 0.15) is 0 Å². The molecular weight excluding hydrogens is 115 g/mol. The third kappa shape index (κ3) is 0.641. The van der Waals surface area contributed by atoms with Gasteiger partial charge in [0.2, 0.25) is 0 Å². The molecule has 0 fully saturated rings. The molecule has 2 aliphatic heterocycles. The van der Waals surface area contributed by atoms with Gasteiger partial charge in [-0.15, -0.1) is 8.58 Å². The Morgan fingerprint density at radius 2 is 1.88 bits per heavy atom. The van der Waals surface area contributed by atoms with E-state index in [0.717, 1.165) is 11.6 Å². The quantitative estimate of drug-likeness (QED) is 0.341. The van der Waals surface area contributed by atoms with Gasteiger partial charge in [-0.3, -0.25) is 0 Å². The molecule has 42 valence electrons. The van der Waals surface area contributed by atoms with Crippen LogP contribution in [-0.2, 0) is 0 Å². The maximum Gasteiger partial charge on any atom is 0.0122 e. The van der Waals surface area contributed by atoms with Crippen molar-refractivity contribution in [3.05, 3.63) is 24.3 Å². The Morgan fingerprint density at radius 3 is 2.00 bits per heavy atom. The molecular formula is C7H9P. The molecule has 1 atom stereocenters. The molecule has 0 nitrogen and oxygen atoms in total. The van der Waals surface area contributed by atoms with Crippen LogP contribution in [0.4, 0.5) is 0 Å². The molecule has 3 rings (SSSR count). The van der Waals surface area contributed by atoms with Crippen LogP contribution in [0.25, 0.3) is 0 Å². The molecule has 2 bridgehead atoms. The van der Waals surface area contributed by atoms with Gasteiger partial charge in [0.05, 0.1) is 0 Å². The zero-order valence-electron chi connectivity index (χ0n) is 4.67. The average molecular weight is 124 g/mol. The molecule has 1 heteroatoms. The molecule has 3 aliphatic rings. The Bertz CT molecular complexity index is 116. The minimum Gasteiger partial charge on any atom is -0.110 e. The lowest BCUT2D eigenvalue weighted by Gasteiger charge is -2.23. The largest absolute Gasteiger partial charge is 0.110 e. The topological polar surface area (TPSA) is 0 Å². The summed E-state index contributed by atoms with van der Waals surface area (Å²) in [5.41, 5.74) is 0.819. The number of hydrogen-bond donors (Lipinski definition) is 0. The average Bonchev–Trinajstić information content (AvgIpc) is 1.92. The van der Waals surface area contributed by atoms with Gasteiger partial charge in [-0.25, -0.2) is 0 Å². The second kappa shape index (κ2) is 1.70. The number of fused-ring (bicyclic) bond motifs is 1. The molecule has 0 saturated carbocycles. The van der Waals surface area contributed by atoms with E-state index in [1.807, 2.05) is 0 Å². The third-order valence-electron chi connectivity index (χ3n) is 1.72. The van der Waals surface area contributed by atoms with Crippen molar-refractivity contribution in [2.45, 2.75) is 5.66 Å². The first kappa shape index (κ1) is 4.76. The SMILES string of the molecule is C1=CC2C=CC1CP2. The van der Waals surface area contributed by atoms with Crippen LogP contribution in [-0.4, -0.2) is 11.8 Å². The van der Waals surface area contributed by atoms with E-state index in [1.165, 1.54) is 14.7 Å². The maximum absolute atomic E-state index is 2.34. The molecule has 0 N–H and O–H groups in total. The van der Waals surface area contributed by atoms with Crippen molar-refractivity contribution >= 4 is 8.58 Å². The number of allylic oxidation sites excluding steroid dienone is 4. The Morgan fingerprint density at radius 1 is 1.12 bits per heavy atom. The predicted octanol–water partition coefficient (Wildman–Crippen LogP) is 1.79. The lowest BCUT2D eigenvalue weighted by molar-refractivity contribution is 0.896. The van der Waals surface area contributed by atoms with Crippen LogP contribution in [0.2, 0.25) is 0 Å². The van der Waals surface area contributed by atoms with Gasteiger partial charge in [-0.05, 0) is 12.1 Å². The van der Waals surface area contributed by atoms with Crippen molar-refractivity contribution in [1.82, 2.24) is 0 Å². The second-order valence-electron chi connectivity index (χ2n) is 2.37. The molecule has 0 radical (unpaired) electrons. The molecule has 8 heavy (non-hydrogen) atoms. The zero-order chi connectivity index (χ0) is 5.40. The molecule has 2 heterocycles. The Labute approximate surface area is 51.5 Å². The van der Waals surface area contributed by atoms with E-state index in [2.05, 4.69) is 24.3 Å². The van der Waals surface area contributed by atoms with Gasteiger partial charge < -0.3 is 0 Å². The molecule has 0 amide bonds. The van der Waals surface area contributed by atoms with E-state index in [4.69, 9.17) is 0 Å². The van der Waals surface area contributed by atoms with Crippen LogP contribution in [0.15, 0.2) is 24.3 Å². The first-order valence-electron chi connectivity index (χ1n) is 3.05. The van der Waals surface area contributed by atoms with Crippen molar-refractivity contribution < 1.29 is 0 Å². The highest BCUT2D eigenvalue weighted by Gasteiger charge is 2.15. The van der Waals surface area contributed by atoms with E-state index in [1.54, 1.807) is 0 Å². The highest BCUT2D eigenvalue weighted by Crippen LogP contribution is 2.35. The fraction of sp³-hybridized carbons (Fsp3) is 0.429. The Hall–Kier alpha value is -0.0900.